The molecular formula is C14H17N5OS. The highest BCUT2D eigenvalue weighted by Gasteiger charge is 2.35. The maximum absolute atomic E-state index is 11.2. The highest BCUT2D eigenvalue weighted by molar-refractivity contribution is 7.13. The van der Waals surface area contributed by atoms with Crippen LogP contribution in [0.25, 0.3) is 0 Å². The van der Waals surface area contributed by atoms with Crippen LogP contribution in [-0.2, 0) is 5.41 Å². The Kier molecular flexibility index (Phi) is 3.59. The van der Waals surface area contributed by atoms with Crippen LogP contribution >= 0.6 is 11.3 Å². The Morgan fingerprint density at radius 1 is 1.29 bits per heavy atom. The lowest BCUT2D eigenvalue weighted by atomic mass is 9.81. The van der Waals surface area contributed by atoms with Gasteiger partial charge in [0.2, 0.25) is 5.95 Å². The van der Waals surface area contributed by atoms with E-state index in [0.717, 1.165) is 36.9 Å². The third kappa shape index (κ3) is 2.73. The van der Waals surface area contributed by atoms with E-state index in [1.807, 2.05) is 6.07 Å². The van der Waals surface area contributed by atoms with E-state index in [0.29, 0.717) is 4.88 Å². The SMILES string of the molecule is CC1(c2ncc(C(N)=O)s2)CCN(c2ncccn2)CC1. The summed E-state index contributed by atoms with van der Waals surface area (Å²) in [5, 5.41) is 0.991. The van der Waals surface area contributed by atoms with Crippen LogP contribution in [0.5, 0.6) is 0 Å². The summed E-state index contributed by atoms with van der Waals surface area (Å²) in [5.74, 6) is 0.369. The van der Waals surface area contributed by atoms with Gasteiger partial charge in [-0.05, 0) is 18.9 Å². The Balaban J connectivity index is 1.73. The van der Waals surface area contributed by atoms with Crippen LogP contribution in [0.2, 0.25) is 0 Å². The van der Waals surface area contributed by atoms with Gasteiger partial charge in [-0.1, -0.05) is 6.92 Å². The van der Waals surface area contributed by atoms with Crippen molar-refractivity contribution in [2.75, 3.05) is 18.0 Å². The molecule has 0 spiro atoms. The van der Waals surface area contributed by atoms with E-state index in [9.17, 15) is 4.79 Å². The van der Waals surface area contributed by atoms with Gasteiger partial charge in [0.25, 0.3) is 5.91 Å². The maximum Gasteiger partial charge on any atom is 0.260 e. The number of nitrogens with two attached hydrogens (primary N) is 1. The van der Waals surface area contributed by atoms with Crippen LogP contribution < -0.4 is 10.6 Å². The van der Waals surface area contributed by atoms with Gasteiger partial charge in [0.05, 0.1) is 11.2 Å². The van der Waals surface area contributed by atoms with Crippen LogP contribution in [0.15, 0.2) is 24.7 Å². The van der Waals surface area contributed by atoms with Gasteiger partial charge in [0.1, 0.15) is 4.88 Å². The molecule has 7 heteroatoms. The zero-order valence-electron chi connectivity index (χ0n) is 11.8. The monoisotopic (exact) mass is 303 g/mol. The second kappa shape index (κ2) is 5.40. The van der Waals surface area contributed by atoms with Crippen LogP contribution in [0, 0.1) is 0 Å². The van der Waals surface area contributed by atoms with Gasteiger partial charge in [-0.25, -0.2) is 15.0 Å². The number of carbonyl (C=O) groups is 1. The number of carbonyl (C=O) groups excluding carboxylic acids is 1. The number of piperidine rings is 1. The van der Waals surface area contributed by atoms with Gasteiger partial charge < -0.3 is 10.6 Å². The molecule has 0 aliphatic carbocycles. The summed E-state index contributed by atoms with van der Waals surface area (Å²) >= 11 is 1.41. The first-order valence-electron chi connectivity index (χ1n) is 6.86. The molecule has 21 heavy (non-hydrogen) atoms. The van der Waals surface area contributed by atoms with E-state index in [-0.39, 0.29) is 5.41 Å². The number of aromatic nitrogens is 3. The van der Waals surface area contributed by atoms with Crippen molar-refractivity contribution in [3.8, 4) is 0 Å². The lowest BCUT2D eigenvalue weighted by Gasteiger charge is -2.38. The smallest absolute Gasteiger partial charge is 0.260 e. The fourth-order valence-electron chi connectivity index (χ4n) is 2.54. The number of anilines is 1. The molecule has 3 heterocycles. The predicted molar refractivity (Wildman–Crippen MR) is 81.5 cm³/mol. The topological polar surface area (TPSA) is 85.0 Å². The third-order valence-corrected chi connectivity index (χ3v) is 5.28. The second-order valence-electron chi connectivity index (χ2n) is 5.49. The molecule has 1 amide bonds. The highest BCUT2D eigenvalue weighted by atomic mass is 32.1. The van der Waals surface area contributed by atoms with Crippen molar-refractivity contribution < 1.29 is 4.79 Å². The normalized spacial score (nSPS) is 17.7. The molecular weight excluding hydrogens is 286 g/mol. The first-order valence-corrected chi connectivity index (χ1v) is 7.68. The molecule has 0 radical (unpaired) electrons. The first kappa shape index (κ1) is 13.9. The average molecular weight is 303 g/mol. The molecule has 3 rings (SSSR count). The summed E-state index contributed by atoms with van der Waals surface area (Å²) in [6.07, 6.45) is 7.01. The average Bonchev–Trinajstić information content (AvgIpc) is 3.00. The number of rotatable bonds is 3. The number of primary amides is 1. The third-order valence-electron chi connectivity index (χ3n) is 3.97. The minimum atomic E-state index is -0.405. The Morgan fingerprint density at radius 3 is 2.52 bits per heavy atom. The first-order chi connectivity index (χ1) is 10.1. The van der Waals surface area contributed by atoms with Gasteiger partial charge in [-0.2, -0.15) is 0 Å². The van der Waals surface area contributed by atoms with Crippen molar-refractivity contribution in [3.63, 3.8) is 0 Å². The Bertz CT molecular complexity index is 634. The van der Waals surface area contributed by atoms with E-state index >= 15 is 0 Å². The zero-order valence-corrected chi connectivity index (χ0v) is 12.6. The minimum Gasteiger partial charge on any atom is -0.365 e. The van der Waals surface area contributed by atoms with Crippen LogP contribution in [0.3, 0.4) is 0 Å². The van der Waals surface area contributed by atoms with Crippen LogP contribution in [0.4, 0.5) is 5.95 Å². The number of thiazole rings is 1. The summed E-state index contributed by atoms with van der Waals surface area (Å²) in [4.78, 5) is 26.9. The van der Waals surface area contributed by atoms with Crippen molar-refractivity contribution in [1.82, 2.24) is 15.0 Å². The van der Waals surface area contributed by atoms with Crippen LogP contribution in [-0.4, -0.2) is 33.9 Å². The molecule has 0 unspecified atom stereocenters. The van der Waals surface area contributed by atoms with E-state index in [2.05, 4.69) is 26.8 Å². The van der Waals surface area contributed by atoms with E-state index in [1.54, 1.807) is 18.6 Å². The maximum atomic E-state index is 11.2. The number of nitrogens with zero attached hydrogens (tertiary/aromatic N) is 4. The molecule has 2 aromatic rings. The summed E-state index contributed by atoms with van der Waals surface area (Å²) < 4.78 is 0. The molecule has 110 valence electrons. The second-order valence-corrected chi connectivity index (χ2v) is 6.52. The quantitative estimate of drug-likeness (QED) is 0.930. The van der Waals surface area contributed by atoms with E-state index < -0.39 is 5.91 Å². The molecule has 0 saturated carbocycles. The van der Waals surface area contributed by atoms with E-state index in [1.165, 1.54) is 11.3 Å². The summed E-state index contributed by atoms with van der Waals surface area (Å²) in [6.45, 7) is 3.96. The molecule has 6 nitrogen and oxygen atoms in total. The number of amides is 1. The summed E-state index contributed by atoms with van der Waals surface area (Å²) in [7, 11) is 0. The molecule has 1 aliphatic rings. The van der Waals surface area contributed by atoms with Crippen molar-refractivity contribution in [2.45, 2.75) is 25.2 Å². The Labute approximate surface area is 127 Å². The molecule has 2 N–H and O–H groups in total. The van der Waals surface area contributed by atoms with E-state index in [4.69, 9.17) is 5.73 Å². The lowest BCUT2D eigenvalue weighted by molar-refractivity contribution is 0.100. The van der Waals surface area contributed by atoms with Crippen LogP contribution in [0.1, 0.15) is 34.4 Å². The standard InChI is InChI=1S/C14H17N5OS/c1-14(12-18-9-10(21-12)11(15)20)3-7-19(8-4-14)13-16-5-2-6-17-13/h2,5-6,9H,3-4,7-8H2,1H3,(H2,15,20). The highest BCUT2D eigenvalue weighted by Crippen LogP contribution is 2.37. The lowest BCUT2D eigenvalue weighted by Crippen LogP contribution is -2.41. The van der Waals surface area contributed by atoms with Crippen molar-refractivity contribution >= 4 is 23.2 Å². The molecule has 2 aromatic heterocycles. The van der Waals surface area contributed by atoms with Gasteiger partial charge in [0.15, 0.2) is 0 Å². The Morgan fingerprint density at radius 2 is 1.95 bits per heavy atom. The fourth-order valence-corrected chi connectivity index (χ4v) is 3.51. The van der Waals surface area contributed by atoms with Crippen molar-refractivity contribution in [1.29, 1.82) is 0 Å². The minimum absolute atomic E-state index is 0.0103. The summed E-state index contributed by atoms with van der Waals surface area (Å²) in [5.41, 5.74) is 5.29. The number of hydrogen-bond acceptors (Lipinski definition) is 6. The van der Waals surface area contributed by atoms with Gasteiger partial charge >= 0.3 is 0 Å². The molecule has 0 bridgehead atoms. The van der Waals surface area contributed by atoms with Crippen molar-refractivity contribution in [3.05, 3.63) is 34.5 Å². The van der Waals surface area contributed by atoms with Crippen molar-refractivity contribution in [2.24, 2.45) is 5.73 Å². The molecule has 1 fully saturated rings. The predicted octanol–water partition coefficient (Wildman–Crippen LogP) is 1.59. The molecule has 1 aliphatic heterocycles. The molecule has 0 atom stereocenters. The number of hydrogen-bond donors (Lipinski definition) is 1. The fraction of sp³-hybridized carbons (Fsp3) is 0.429. The van der Waals surface area contributed by atoms with Gasteiger partial charge in [-0.15, -0.1) is 11.3 Å². The summed E-state index contributed by atoms with van der Waals surface area (Å²) in [6, 6.07) is 1.82. The zero-order chi connectivity index (χ0) is 14.9. The molecule has 1 saturated heterocycles. The van der Waals surface area contributed by atoms with Gasteiger partial charge in [0, 0.05) is 30.9 Å². The van der Waals surface area contributed by atoms with Gasteiger partial charge in [-0.3, -0.25) is 4.79 Å². The molecule has 0 aromatic carbocycles. The Hall–Kier alpha value is -2.02. The largest absolute Gasteiger partial charge is 0.365 e.